The van der Waals surface area contributed by atoms with Crippen LogP contribution in [0.3, 0.4) is 0 Å². The van der Waals surface area contributed by atoms with Gasteiger partial charge in [0.05, 0.1) is 11.4 Å². The van der Waals surface area contributed by atoms with E-state index in [2.05, 4.69) is 100 Å². The Morgan fingerprint density at radius 2 is 1.85 bits per heavy atom. The predicted octanol–water partition coefficient (Wildman–Crippen LogP) is 5.55. The fraction of sp³-hybridized carbons (Fsp3) is 0.222. The van der Waals surface area contributed by atoms with Crippen molar-refractivity contribution in [2.24, 2.45) is 11.6 Å². The van der Waals surface area contributed by atoms with Gasteiger partial charge in [0.15, 0.2) is 0 Å². The fourth-order valence-corrected chi connectivity index (χ4v) is 5.33. The standard InChI is InChI=1S/C27H28IN5/c1-18-14-21(22(15-28)16-31-30)17-33-25(20-6-3-2-4-7-20)24(32-26(18)33)19-8-10-23(11-9-19)27(29)12-5-13-27/h2-4,6-11,14,16-17,31H,5,12-13,15,29-30H2,1H3/b22-16+. The highest BCUT2D eigenvalue weighted by atomic mass is 127. The first-order valence-corrected chi connectivity index (χ1v) is 12.8. The maximum atomic E-state index is 6.56. The minimum Gasteiger partial charge on any atom is -0.331 e. The van der Waals surface area contributed by atoms with Gasteiger partial charge in [-0.05, 0) is 54.5 Å². The summed E-state index contributed by atoms with van der Waals surface area (Å²) in [5.41, 5.74) is 18.9. The van der Waals surface area contributed by atoms with E-state index in [1.165, 1.54) is 12.0 Å². The second-order valence-corrected chi connectivity index (χ2v) is 9.60. The van der Waals surface area contributed by atoms with Gasteiger partial charge in [0.25, 0.3) is 0 Å². The Bertz CT molecular complexity index is 1320. The van der Waals surface area contributed by atoms with Crippen LogP contribution in [0, 0.1) is 6.92 Å². The van der Waals surface area contributed by atoms with Crippen LogP contribution in [0.2, 0.25) is 0 Å². The molecule has 1 aliphatic carbocycles. The molecule has 1 saturated carbocycles. The summed E-state index contributed by atoms with van der Waals surface area (Å²) in [6.45, 7) is 2.11. The molecular formula is C27H28IN5. The monoisotopic (exact) mass is 549 g/mol. The van der Waals surface area contributed by atoms with E-state index < -0.39 is 0 Å². The summed E-state index contributed by atoms with van der Waals surface area (Å²) in [7, 11) is 0. The molecule has 0 amide bonds. The molecule has 2 aromatic heterocycles. The molecule has 6 heteroatoms. The number of fused-ring (bicyclic) bond motifs is 1. The van der Waals surface area contributed by atoms with Crippen LogP contribution in [0.25, 0.3) is 33.7 Å². The van der Waals surface area contributed by atoms with Crippen LogP contribution in [0.1, 0.15) is 36.0 Å². The SMILES string of the molecule is Cc1cc(/C(=C/NN)CI)cn2c(-c3ccccc3)c(-c3ccc(C4(N)CCC4)cc3)nc12. The van der Waals surface area contributed by atoms with Crippen LogP contribution in [-0.2, 0) is 5.54 Å². The number of hydrogen-bond donors (Lipinski definition) is 3. The van der Waals surface area contributed by atoms with Gasteiger partial charge < -0.3 is 11.2 Å². The number of imidazole rings is 1. The fourth-order valence-electron chi connectivity index (χ4n) is 4.67. The molecule has 5 rings (SSSR count). The molecule has 0 bridgehead atoms. The lowest BCUT2D eigenvalue weighted by atomic mass is 9.72. The van der Waals surface area contributed by atoms with Crippen molar-refractivity contribution < 1.29 is 0 Å². The van der Waals surface area contributed by atoms with E-state index >= 15 is 0 Å². The number of allylic oxidation sites excluding steroid dienone is 1. The van der Waals surface area contributed by atoms with E-state index in [0.29, 0.717) is 0 Å². The number of alkyl halides is 1. The van der Waals surface area contributed by atoms with Gasteiger partial charge in [-0.3, -0.25) is 10.2 Å². The molecule has 0 saturated heterocycles. The van der Waals surface area contributed by atoms with E-state index in [0.717, 1.165) is 62.1 Å². The van der Waals surface area contributed by atoms with Crippen molar-refractivity contribution in [1.29, 1.82) is 0 Å². The minimum absolute atomic E-state index is 0.162. The molecule has 2 aromatic carbocycles. The van der Waals surface area contributed by atoms with Crippen molar-refractivity contribution in [3.8, 4) is 22.5 Å². The highest BCUT2D eigenvalue weighted by molar-refractivity contribution is 14.1. The molecule has 0 unspecified atom stereocenters. The molecule has 2 heterocycles. The van der Waals surface area contributed by atoms with Crippen molar-refractivity contribution in [3.63, 3.8) is 0 Å². The van der Waals surface area contributed by atoms with Crippen molar-refractivity contribution >= 4 is 33.8 Å². The van der Waals surface area contributed by atoms with Crippen LogP contribution >= 0.6 is 22.6 Å². The Kier molecular flexibility index (Phi) is 5.99. The van der Waals surface area contributed by atoms with Crippen molar-refractivity contribution in [2.45, 2.75) is 31.7 Å². The van der Waals surface area contributed by atoms with Gasteiger partial charge in [0, 0.05) is 33.5 Å². The summed E-state index contributed by atoms with van der Waals surface area (Å²) in [5, 5.41) is 0. The number of aryl methyl sites for hydroxylation is 1. The molecule has 1 fully saturated rings. The maximum Gasteiger partial charge on any atom is 0.140 e. The highest BCUT2D eigenvalue weighted by Crippen LogP contribution is 2.40. The van der Waals surface area contributed by atoms with Crippen molar-refractivity contribution in [2.75, 3.05) is 4.43 Å². The Balaban J connectivity index is 1.72. The summed E-state index contributed by atoms with van der Waals surface area (Å²) in [6.07, 6.45) is 7.35. The lowest BCUT2D eigenvalue weighted by Crippen LogP contribution is -2.43. The smallest absolute Gasteiger partial charge is 0.140 e. The summed E-state index contributed by atoms with van der Waals surface area (Å²) in [4.78, 5) is 5.13. The number of halogens is 1. The molecule has 0 atom stereocenters. The normalized spacial score (nSPS) is 15.5. The van der Waals surface area contributed by atoms with Crippen LogP contribution in [0.15, 0.2) is 73.1 Å². The van der Waals surface area contributed by atoms with Crippen LogP contribution < -0.4 is 17.0 Å². The Morgan fingerprint density at radius 3 is 2.45 bits per heavy atom. The number of pyridine rings is 1. The third kappa shape index (κ3) is 3.96. The number of nitrogens with one attached hydrogen (secondary N) is 1. The zero-order valence-corrected chi connectivity index (χ0v) is 20.8. The van der Waals surface area contributed by atoms with E-state index in [-0.39, 0.29) is 5.54 Å². The molecule has 168 valence electrons. The van der Waals surface area contributed by atoms with Crippen LogP contribution in [0.5, 0.6) is 0 Å². The molecule has 0 spiro atoms. The van der Waals surface area contributed by atoms with Gasteiger partial charge in [0.2, 0.25) is 0 Å². The molecule has 1 aliphatic rings. The lowest BCUT2D eigenvalue weighted by Gasteiger charge is -2.38. The number of nitrogens with zero attached hydrogens (tertiary/aromatic N) is 2. The largest absolute Gasteiger partial charge is 0.331 e. The second kappa shape index (κ2) is 8.93. The van der Waals surface area contributed by atoms with Gasteiger partial charge in [-0.25, -0.2) is 4.98 Å². The Labute approximate surface area is 208 Å². The first-order chi connectivity index (χ1) is 16.0. The average Bonchev–Trinajstić information content (AvgIpc) is 3.22. The Hall–Kier alpha value is -2.68. The third-order valence-electron chi connectivity index (χ3n) is 6.70. The van der Waals surface area contributed by atoms with E-state index in [1.807, 2.05) is 12.3 Å². The minimum atomic E-state index is -0.162. The van der Waals surface area contributed by atoms with Gasteiger partial charge in [0.1, 0.15) is 5.65 Å². The maximum absolute atomic E-state index is 6.56. The second-order valence-electron chi connectivity index (χ2n) is 8.84. The first-order valence-electron chi connectivity index (χ1n) is 11.2. The van der Waals surface area contributed by atoms with Crippen molar-refractivity contribution in [1.82, 2.24) is 14.8 Å². The number of hydrogen-bond acceptors (Lipinski definition) is 4. The van der Waals surface area contributed by atoms with Gasteiger partial charge in [-0.1, -0.05) is 77.2 Å². The predicted molar refractivity (Wildman–Crippen MR) is 145 cm³/mol. The first kappa shape index (κ1) is 22.1. The number of benzene rings is 2. The highest BCUT2D eigenvalue weighted by Gasteiger charge is 2.34. The number of hydrazine groups is 1. The van der Waals surface area contributed by atoms with Crippen molar-refractivity contribution in [3.05, 3.63) is 89.8 Å². The molecule has 5 nitrogen and oxygen atoms in total. The number of nitrogens with two attached hydrogens (primary N) is 2. The molecule has 0 aliphatic heterocycles. The zero-order valence-electron chi connectivity index (χ0n) is 18.7. The Morgan fingerprint density at radius 1 is 1.12 bits per heavy atom. The molecular weight excluding hydrogens is 521 g/mol. The van der Waals surface area contributed by atoms with E-state index in [1.54, 1.807) is 0 Å². The lowest BCUT2D eigenvalue weighted by molar-refractivity contribution is 0.253. The topological polar surface area (TPSA) is 81.4 Å². The van der Waals surface area contributed by atoms with Gasteiger partial charge >= 0.3 is 0 Å². The van der Waals surface area contributed by atoms with Gasteiger partial charge in [-0.2, -0.15) is 0 Å². The molecule has 4 aromatic rings. The van der Waals surface area contributed by atoms with Crippen LogP contribution in [0.4, 0.5) is 0 Å². The van der Waals surface area contributed by atoms with Crippen LogP contribution in [-0.4, -0.2) is 13.8 Å². The summed E-state index contributed by atoms with van der Waals surface area (Å²) in [5.74, 6) is 5.59. The number of rotatable bonds is 6. The van der Waals surface area contributed by atoms with E-state index in [9.17, 15) is 0 Å². The zero-order chi connectivity index (χ0) is 23.0. The summed E-state index contributed by atoms with van der Waals surface area (Å²) in [6, 6.07) is 21.3. The quantitative estimate of drug-likeness (QED) is 0.128. The third-order valence-corrected chi connectivity index (χ3v) is 7.52. The van der Waals surface area contributed by atoms with E-state index in [4.69, 9.17) is 16.6 Å². The average molecular weight is 549 g/mol. The molecule has 33 heavy (non-hydrogen) atoms. The van der Waals surface area contributed by atoms with Gasteiger partial charge in [-0.15, -0.1) is 0 Å². The molecule has 0 radical (unpaired) electrons. The summed E-state index contributed by atoms with van der Waals surface area (Å²) < 4.78 is 3.06. The summed E-state index contributed by atoms with van der Waals surface area (Å²) >= 11 is 2.36. The molecule has 5 N–H and O–H groups in total. The number of aromatic nitrogens is 2.